The van der Waals surface area contributed by atoms with Crippen LogP contribution in [-0.4, -0.2) is 47.4 Å². The maximum atomic E-state index is 13.0. The van der Waals surface area contributed by atoms with Gasteiger partial charge in [-0.3, -0.25) is 14.9 Å². The number of nitrogens with zero attached hydrogens (tertiary/aromatic N) is 2. The summed E-state index contributed by atoms with van der Waals surface area (Å²) in [7, 11) is 0. The molecule has 0 saturated carbocycles. The summed E-state index contributed by atoms with van der Waals surface area (Å²) in [5, 5.41) is 13.4. The molecule has 3 aliphatic rings. The molecule has 0 aliphatic carbocycles. The molecule has 5 rings (SSSR count). The molecule has 2 aromatic carbocycles. The number of cyclic esters (lactones) is 1. The van der Waals surface area contributed by atoms with Gasteiger partial charge in [-0.25, -0.2) is 14.5 Å². The summed E-state index contributed by atoms with van der Waals surface area (Å²) < 4.78 is 21.1. The molecule has 3 aliphatic heterocycles. The highest BCUT2D eigenvalue weighted by Gasteiger charge is 2.54. The van der Waals surface area contributed by atoms with Crippen molar-refractivity contribution in [3.05, 3.63) is 58.1 Å². The van der Waals surface area contributed by atoms with Crippen LogP contribution >= 0.6 is 0 Å². The van der Waals surface area contributed by atoms with Crippen molar-refractivity contribution >= 4 is 23.8 Å². The number of rotatable bonds is 3. The third kappa shape index (κ3) is 3.21. The van der Waals surface area contributed by atoms with E-state index in [0.717, 1.165) is 4.90 Å². The van der Waals surface area contributed by atoms with Gasteiger partial charge in [0, 0.05) is 12.1 Å². The van der Waals surface area contributed by atoms with Crippen LogP contribution in [0.25, 0.3) is 0 Å². The van der Waals surface area contributed by atoms with E-state index in [0.29, 0.717) is 17.1 Å². The molecule has 3 heterocycles. The van der Waals surface area contributed by atoms with Crippen LogP contribution in [0.4, 0.5) is 15.3 Å². The van der Waals surface area contributed by atoms with Crippen molar-refractivity contribution in [3.63, 3.8) is 0 Å². The van der Waals surface area contributed by atoms with E-state index in [9.17, 15) is 24.5 Å². The van der Waals surface area contributed by atoms with Gasteiger partial charge in [-0.05, 0) is 29.8 Å². The molecule has 3 atom stereocenters. The number of imide groups is 1. The molecule has 12 nitrogen and oxygen atoms in total. The number of hydrogen-bond donors (Lipinski definition) is 1. The molecular weight excluding hydrogens is 426 g/mol. The monoisotopic (exact) mass is 441 g/mol. The molecule has 3 amide bonds. The van der Waals surface area contributed by atoms with Crippen LogP contribution in [0.15, 0.2) is 42.5 Å². The minimum absolute atomic E-state index is 0.00559. The summed E-state index contributed by atoms with van der Waals surface area (Å²) in [6.45, 7) is 0.0193. The lowest BCUT2D eigenvalue weighted by molar-refractivity contribution is -0.384. The van der Waals surface area contributed by atoms with Gasteiger partial charge in [-0.1, -0.05) is 6.07 Å². The van der Waals surface area contributed by atoms with Gasteiger partial charge in [0.1, 0.15) is 18.3 Å². The Morgan fingerprint density at radius 3 is 2.59 bits per heavy atom. The van der Waals surface area contributed by atoms with E-state index in [-0.39, 0.29) is 24.8 Å². The molecule has 2 fully saturated rings. The van der Waals surface area contributed by atoms with Gasteiger partial charge in [0.05, 0.1) is 17.0 Å². The van der Waals surface area contributed by atoms with Gasteiger partial charge in [0.15, 0.2) is 11.5 Å². The fourth-order valence-electron chi connectivity index (χ4n) is 3.97. The van der Waals surface area contributed by atoms with Gasteiger partial charge < -0.3 is 24.3 Å². The van der Waals surface area contributed by atoms with Gasteiger partial charge in [-0.2, -0.15) is 0 Å². The van der Waals surface area contributed by atoms with E-state index >= 15 is 0 Å². The Balaban J connectivity index is 1.49. The highest BCUT2D eigenvalue weighted by Crippen LogP contribution is 2.42. The van der Waals surface area contributed by atoms with E-state index in [1.807, 2.05) is 0 Å². The first-order valence-electron chi connectivity index (χ1n) is 9.54. The molecule has 164 valence electrons. The second-order valence-corrected chi connectivity index (χ2v) is 7.26. The molecule has 3 unspecified atom stereocenters. The number of amides is 3. The van der Waals surface area contributed by atoms with Crippen molar-refractivity contribution in [1.29, 1.82) is 0 Å². The number of nitro groups is 1. The minimum atomic E-state index is -1.06. The molecule has 0 radical (unpaired) electrons. The summed E-state index contributed by atoms with van der Waals surface area (Å²) in [5.41, 5.74) is 0.272. The number of fused-ring (bicyclic) bond motifs is 2. The third-order valence-corrected chi connectivity index (χ3v) is 5.44. The number of carbonyl (C=O) groups is 3. The third-order valence-electron chi connectivity index (χ3n) is 5.44. The van der Waals surface area contributed by atoms with E-state index in [2.05, 4.69) is 5.32 Å². The number of ether oxygens (including phenoxy) is 4. The predicted octanol–water partition coefficient (Wildman–Crippen LogP) is 2.13. The number of esters is 1. The number of benzene rings is 2. The summed E-state index contributed by atoms with van der Waals surface area (Å²) in [6.07, 6.45) is -1.06. The fourth-order valence-corrected chi connectivity index (χ4v) is 3.97. The maximum absolute atomic E-state index is 13.0. The molecule has 32 heavy (non-hydrogen) atoms. The summed E-state index contributed by atoms with van der Waals surface area (Å²) in [5.74, 6) is -0.517. The van der Waals surface area contributed by atoms with Gasteiger partial charge in [0.25, 0.3) is 5.69 Å². The zero-order valence-corrected chi connectivity index (χ0v) is 16.3. The molecule has 0 spiro atoms. The van der Waals surface area contributed by atoms with Crippen LogP contribution in [0.5, 0.6) is 17.2 Å². The van der Waals surface area contributed by atoms with E-state index in [1.165, 1.54) is 24.3 Å². The van der Waals surface area contributed by atoms with Crippen molar-refractivity contribution in [2.45, 2.75) is 12.1 Å². The molecule has 0 bridgehead atoms. The average molecular weight is 441 g/mol. The summed E-state index contributed by atoms with van der Waals surface area (Å²) in [4.78, 5) is 49.4. The number of non-ortho nitro benzene ring substituents is 1. The van der Waals surface area contributed by atoms with Crippen LogP contribution in [-0.2, 0) is 9.53 Å². The Labute approximate surface area is 179 Å². The van der Waals surface area contributed by atoms with Crippen LogP contribution in [0.1, 0.15) is 11.6 Å². The normalized spacial score (nSPS) is 23.2. The molecule has 2 aromatic rings. The largest absolute Gasteiger partial charge is 0.463 e. The first-order valence-corrected chi connectivity index (χ1v) is 9.54. The van der Waals surface area contributed by atoms with Gasteiger partial charge in [0.2, 0.25) is 6.79 Å². The predicted molar refractivity (Wildman–Crippen MR) is 103 cm³/mol. The number of carbonyl (C=O) groups excluding carboxylic acids is 3. The quantitative estimate of drug-likeness (QED) is 0.430. The SMILES string of the molecule is O=C1OCC2NC(=O)N(C(=O)Oc3ccc([N+](=O)[O-])cc3)C(c3ccc4c(c3)OCO4)C12. The number of nitrogens with one attached hydrogen (secondary N) is 1. The highest BCUT2D eigenvalue weighted by molar-refractivity contribution is 5.95. The first kappa shape index (κ1) is 19.6. The van der Waals surface area contributed by atoms with Crippen LogP contribution in [0, 0.1) is 16.0 Å². The molecule has 12 heteroatoms. The van der Waals surface area contributed by atoms with Gasteiger partial charge >= 0.3 is 18.1 Å². The maximum Gasteiger partial charge on any atom is 0.424 e. The van der Waals surface area contributed by atoms with E-state index < -0.39 is 41.0 Å². The zero-order valence-electron chi connectivity index (χ0n) is 16.3. The Hall–Kier alpha value is -4.35. The standard InChI is InChI=1S/C20H15N3O9/c24-18-16-13(8-29-18)21-19(25)22(17(16)10-1-6-14-15(7-10)31-9-30-14)20(26)32-12-4-2-11(3-5-12)23(27)28/h1-7,13,16-17H,8-9H2,(H,21,25). The Bertz CT molecular complexity index is 1130. The number of hydrogen-bond acceptors (Lipinski definition) is 9. The molecule has 1 N–H and O–H groups in total. The van der Waals surface area contributed by atoms with Gasteiger partial charge in [-0.15, -0.1) is 0 Å². The smallest absolute Gasteiger partial charge is 0.424 e. The van der Waals surface area contributed by atoms with Crippen LogP contribution in [0.2, 0.25) is 0 Å². The molecule has 2 saturated heterocycles. The zero-order chi connectivity index (χ0) is 22.4. The van der Waals surface area contributed by atoms with Crippen LogP contribution < -0.4 is 19.5 Å². The van der Waals surface area contributed by atoms with E-state index in [4.69, 9.17) is 18.9 Å². The van der Waals surface area contributed by atoms with Crippen molar-refractivity contribution in [2.75, 3.05) is 13.4 Å². The lowest BCUT2D eigenvalue weighted by Crippen LogP contribution is -2.60. The highest BCUT2D eigenvalue weighted by atomic mass is 16.7. The number of nitro benzene ring substituents is 1. The van der Waals surface area contributed by atoms with Crippen molar-refractivity contribution in [1.82, 2.24) is 10.2 Å². The first-order chi connectivity index (χ1) is 15.4. The second-order valence-electron chi connectivity index (χ2n) is 7.26. The molecule has 0 aromatic heterocycles. The van der Waals surface area contributed by atoms with Crippen molar-refractivity contribution in [2.24, 2.45) is 5.92 Å². The topological polar surface area (TPSA) is 147 Å². The summed E-state index contributed by atoms with van der Waals surface area (Å²) in [6, 6.07) is 7.25. The van der Waals surface area contributed by atoms with Crippen molar-refractivity contribution in [3.8, 4) is 17.2 Å². The Kier molecular flexibility index (Phi) is 4.54. The Morgan fingerprint density at radius 2 is 1.84 bits per heavy atom. The van der Waals surface area contributed by atoms with E-state index in [1.54, 1.807) is 18.2 Å². The lowest BCUT2D eigenvalue weighted by Gasteiger charge is -2.39. The fraction of sp³-hybridized carbons (Fsp3) is 0.250. The Morgan fingerprint density at radius 1 is 1.09 bits per heavy atom. The van der Waals surface area contributed by atoms with Crippen molar-refractivity contribution < 1.29 is 38.3 Å². The number of urea groups is 1. The second kappa shape index (κ2) is 7.41. The van der Waals surface area contributed by atoms with Crippen LogP contribution in [0.3, 0.4) is 0 Å². The summed E-state index contributed by atoms with van der Waals surface area (Å²) >= 11 is 0. The lowest BCUT2D eigenvalue weighted by atomic mass is 9.85. The molecular formula is C20H15N3O9. The average Bonchev–Trinajstić information content (AvgIpc) is 3.39. The minimum Gasteiger partial charge on any atom is -0.463 e.